The van der Waals surface area contributed by atoms with E-state index in [-0.39, 0.29) is 0 Å². The van der Waals surface area contributed by atoms with E-state index in [2.05, 4.69) is 4.99 Å². The lowest BCUT2D eigenvalue weighted by molar-refractivity contribution is -0.129. The van der Waals surface area contributed by atoms with Crippen LogP contribution in [0.3, 0.4) is 0 Å². The summed E-state index contributed by atoms with van der Waals surface area (Å²) in [7, 11) is 0. The molecule has 4 nitrogen and oxygen atoms in total. The molecule has 0 N–H and O–H groups in total. The van der Waals surface area contributed by atoms with Gasteiger partial charge in [-0.05, 0) is 47.4 Å². The molecule has 0 radical (unpaired) electrons. The average molecular weight is 361 g/mol. The van der Waals surface area contributed by atoms with Crippen LogP contribution in [0.2, 0.25) is 0 Å². The third-order valence-electron chi connectivity index (χ3n) is 3.79. The molecule has 0 spiro atoms. The molecule has 5 heteroatoms. The highest BCUT2D eigenvalue weighted by Gasteiger charge is 2.24. The molecular formula is C21H15NO3S. The molecule has 0 unspecified atom stereocenters. The molecule has 1 aliphatic heterocycles. The Morgan fingerprint density at radius 3 is 2.54 bits per heavy atom. The second kappa shape index (κ2) is 7.37. The van der Waals surface area contributed by atoms with Crippen LogP contribution in [-0.4, -0.2) is 11.9 Å². The quantitative estimate of drug-likeness (QED) is 0.490. The number of thiophene rings is 1. The van der Waals surface area contributed by atoms with Gasteiger partial charge in [0.05, 0.1) is 0 Å². The first-order chi connectivity index (χ1) is 12.8. The molecule has 0 amide bonds. The SMILES string of the molecule is O=C1OC(c2ccc(OCc3ccccc3)cc2)=NC1=Cc1cccs1. The largest absolute Gasteiger partial charge is 0.489 e. The normalized spacial score (nSPS) is 15.0. The minimum absolute atomic E-state index is 0.312. The molecule has 2 aromatic carbocycles. The van der Waals surface area contributed by atoms with Crippen LogP contribution in [0.4, 0.5) is 0 Å². The number of esters is 1. The number of aliphatic imine (C=N–C) groups is 1. The molecule has 1 aromatic heterocycles. The fourth-order valence-corrected chi connectivity index (χ4v) is 3.13. The molecule has 0 atom stereocenters. The second-order valence-corrected chi connectivity index (χ2v) is 6.63. The van der Waals surface area contributed by atoms with Crippen LogP contribution in [0.25, 0.3) is 6.08 Å². The Balaban J connectivity index is 1.46. The minimum atomic E-state index is -0.433. The van der Waals surface area contributed by atoms with Gasteiger partial charge in [0.25, 0.3) is 0 Å². The van der Waals surface area contributed by atoms with Gasteiger partial charge in [0.2, 0.25) is 5.90 Å². The van der Waals surface area contributed by atoms with Crippen molar-refractivity contribution in [3.8, 4) is 5.75 Å². The molecular weight excluding hydrogens is 346 g/mol. The van der Waals surface area contributed by atoms with E-state index in [1.807, 2.05) is 72.1 Å². The molecule has 128 valence electrons. The summed E-state index contributed by atoms with van der Waals surface area (Å²) in [6.07, 6.45) is 1.73. The predicted molar refractivity (Wildman–Crippen MR) is 102 cm³/mol. The summed E-state index contributed by atoms with van der Waals surface area (Å²) in [5.74, 6) is 0.627. The highest BCUT2D eigenvalue weighted by atomic mass is 32.1. The first-order valence-electron chi connectivity index (χ1n) is 8.11. The van der Waals surface area contributed by atoms with Gasteiger partial charge in [0, 0.05) is 10.4 Å². The van der Waals surface area contributed by atoms with E-state index < -0.39 is 5.97 Å². The summed E-state index contributed by atoms with van der Waals surface area (Å²) in [6, 6.07) is 21.2. The third kappa shape index (κ3) is 3.73. The van der Waals surface area contributed by atoms with Gasteiger partial charge in [-0.15, -0.1) is 11.3 Å². The summed E-state index contributed by atoms with van der Waals surface area (Å²) < 4.78 is 11.0. The molecule has 0 aliphatic carbocycles. The van der Waals surface area contributed by atoms with Crippen LogP contribution in [0.5, 0.6) is 5.75 Å². The fourth-order valence-electron chi connectivity index (χ4n) is 2.48. The zero-order valence-corrected chi connectivity index (χ0v) is 14.6. The van der Waals surface area contributed by atoms with Gasteiger partial charge in [-0.2, -0.15) is 0 Å². The lowest BCUT2D eigenvalue weighted by atomic mass is 10.2. The smallest absolute Gasteiger partial charge is 0.363 e. The monoisotopic (exact) mass is 361 g/mol. The maximum atomic E-state index is 12.0. The second-order valence-electron chi connectivity index (χ2n) is 5.65. The van der Waals surface area contributed by atoms with E-state index in [0.717, 1.165) is 21.8 Å². The van der Waals surface area contributed by atoms with Crippen molar-refractivity contribution >= 4 is 29.3 Å². The Hall–Kier alpha value is -3.18. The van der Waals surface area contributed by atoms with Gasteiger partial charge in [0.15, 0.2) is 5.70 Å². The van der Waals surface area contributed by atoms with Crippen molar-refractivity contribution < 1.29 is 14.3 Å². The van der Waals surface area contributed by atoms with Crippen molar-refractivity contribution in [2.24, 2.45) is 4.99 Å². The number of cyclic esters (lactones) is 1. The van der Waals surface area contributed by atoms with Gasteiger partial charge < -0.3 is 9.47 Å². The van der Waals surface area contributed by atoms with Gasteiger partial charge in [-0.1, -0.05) is 36.4 Å². The van der Waals surface area contributed by atoms with Crippen molar-refractivity contribution in [1.29, 1.82) is 0 Å². The van der Waals surface area contributed by atoms with Crippen LogP contribution >= 0.6 is 11.3 Å². The maximum absolute atomic E-state index is 12.0. The Labute approximate surface area is 155 Å². The van der Waals surface area contributed by atoms with Crippen molar-refractivity contribution in [1.82, 2.24) is 0 Å². The van der Waals surface area contributed by atoms with E-state index in [9.17, 15) is 4.79 Å². The molecule has 3 aromatic rings. The number of carbonyl (C=O) groups excluding carboxylic acids is 1. The number of hydrogen-bond acceptors (Lipinski definition) is 5. The van der Waals surface area contributed by atoms with Gasteiger partial charge in [-0.3, -0.25) is 0 Å². The van der Waals surface area contributed by atoms with E-state index in [1.54, 1.807) is 17.4 Å². The van der Waals surface area contributed by atoms with E-state index in [4.69, 9.17) is 9.47 Å². The van der Waals surface area contributed by atoms with Crippen LogP contribution in [0.15, 0.2) is 82.8 Å². The lowest BCUT2D eigenvalue weighted by Gasteiger charge is -2.07. The highest BCUT2D eigenvalue weighted by molar-refractivity contribution is 7.10. The van der Waals surface area contributed by atoms with Crippen LogP contribution < -0.4 is 4.74 Å². The zero-order chi connectivity index (χ0) is 17.8. The van der Waals surface area contributed by atoms with Gasteiger partial charge in [0.1, 0.15) is 12.4 Å². The van der Waals surface area contributed by atoms with Gasteiger partial charge in [-0.25, -0.2) is 9.79 Å². The Kier molecular flexibility index (Phi) is 4.62. The average Bonchev–Trinajstić information content (AvgIpc) is 3.32. The lowest BCUT2D eigenvalue weighted by Crippen LogP contribution is -2.05. The number of benzene rings is 2. The summed E-state index contributed by atoms with van der Waals surface area (Å²) in [5.41, 5.74) is 2.15. The van der Waals surface area contributed by atoms with Crippen molar-refractivity contribution in [3.63, 3.8) is 0 Å². The van der Waals surface area contributed by atoms with Crippen LogP contribution in [-0.2, 0) is 16.1 Å². The van der Waals surface area contributed by atoms with E-state index in [1.165, 1.54) is 0 Å². The van der Waals surface area contributed by atoms with Crippen molar-refractivity contribution in [2.45, 2.75) is 6.61 Å². The fraction of sp³-hybridized carbons (Fsp3) is 0.0476. The van der Waals surface area contributed by atoms with Crippen LogP contribution in [0, 0.1) is 0 Å². The Morgan fingerprint density at radius 2 is 1.81 bits per heavy atom. The minimum Gasteiger partial charge on any atom is -0.489 e. The molecule has 2 heterocycles. The van der Waals surface area contributed by atoms with Crippen molar-refractivity contribution in [2.75, 3.05) is 0 Å². The standard InChI is InChI=1S/C21H15NO3S/c23-21-19(13-18-7-4-12-26-18)22-20(25-21)16-8-10-17(11-9-16)24-14-15-5-2-1-3-6-15/h1-13H,14H2. The van der Waals surface area contributed by atoms with E-state index in [0.29, 0.717) is 18.2 Å². The van der Waals surface area contributed by atoms with Crippen molar-refractivity contribution in [3.05, 3.63) is 93.8 Å². The number of ether oxygens (including phenoxy) is 2. The first-order valence-corrected chi connectivity index (χ1v) is 8.99. The summed E-state index contributed by atoms with van der Waals surface area (Å²) in [6.45, 7) is 0.504. The van der Waals surface area contributed by atoms with Gasteiger partial charge >= 0.3 is 5.97 Å². The molecule has 26 heavy (non-hydrogen) atoms. The molecule has 0 fully saturated rings. The maximum Gasteiger partial charge on any atom is 0.363 e. The zero-order valence-electron chi connectivity index (χ0n) is 13.8. The van der Waals surface area contributed by atoms with Crippen LogP contribution in [0.1, 0.15) is 16.0 Å². The molecule has 1 aliphatic rings. The summed E-state index contributed by atoms with van der Waals surface area (Å²) in [5, 5.41) is 1.95. The van der Waals surface area contributed by atoms with E-state index >= 15 is 0 Å². The Morgan fingerprint density at radius 1 is 1.00 bits per heavy atom. The first kappa shape index (κ1) is 16.3. The molecule has 4 rings (SSSR count). The summed E-state index contributed by atoms with van der Waals surface area (Å²) >= 11 is 1.54. The third-order valence-corrected chi connectivity index (χ3v) is 4.61. The summed E-state index contributed by atoms with van der Waals surface area (Å²) in [4.78, 5) is 17.3. The number of carbonyl (C=O) groups is 1. The predicted octanol–water partition coefficient (Wildman–Crippen LogP) is 4.67. The number of rotatable bonds is 5. The molecule has 0 saturated carbocycles. The molecule has 0 saturated heterocycles. The topological polar surface area (TPSA) is 47.9 Å². The number of hydrogen-bond donors (Lipinski definition) is 0. The highest BCUT2D eigenvalue weighted by Crippen LogP contribution is 2.22. The molecule has 0 bridgehead atoms. The Bertz CT molecular complexity index is 958. The number of nitrogens with zero attached hydrogens (tertiary/aromatic N) is 1.